The molecular weight excluding hydrogens is 484 g/mol. The Bertz CT molecular complexity index is 1510. The summed E-state index contributed by atoms with van der Waals surface area (Å²) in [6.45, 7) is 0.427. The molecule has 10 heteroatoms. The van der Waals surface area contributed by atoms with Gasteiger partial charge in [-0.15, -0.1) is 11.3 Å². The molecule has 0 bridgehead atoms. The van der Waals surface area contributed by atoms with Crippen LogP contribution in [0.15, 0.2) is 78.4 Å². The average molecular weight is 507 g/mol. The monoisotopic (exact) mass is 506 g/mol. The van der Waals surface area contributed by atoms with E-state index in [0.29, 0.717) is 18.1 Å². The van der Waals surface area contributed by atoms with E-state index in [-0.39, 0.29) is 17.4 Å². The van der Waals surface area contributed by atoms with E-state index in [1.807, 2.05) is 53.9 Å². The van der Waals surface area contributed by atoms with Crippen molar-refractivity contribution in [1.29, 1.82) is 0 Å². The molecule has 1 aliphatic rings. The number of rotatable bonds is 6. The molecule has 1 aliphatic heterocycles. The van der Waals surface area contributed by atoms with E-state index in [1.165, 1.54) is 34.7 Å². The highest BCUT2D eigenvalue weighted by atomic mass is 32.2. The summed E-state index contributed by atoms with van der Waals surface area (Å²) < 4.78 is 24.3. The molecule has 1 saturated heterocycles. The summed E-state index contributed by atoms with van der Waals surface area (Å²) in [5, 5.41) is 5.16. The molecule has 0 aliphatic carbocycles. The minimum Gasteiger partial charge on any atom is -0.326 e. The van der Waals surface area contributed by atoms with Crippen LogP contribution in [0.1, 0.15) is 16.8 Å². The molecular formula is C25H22N4O4S2. The van der Waals surface area contributed by atoms with Gasteiger partial charge in [0.2, 0.25) is 15.9 Å². The van der Waals surface area contributed by atoms with E-state index in [2.05, 4.69) is 16.4 Å². The molecule has 1 atom stereocenters. The second kappa shape index (κ2) is 9.12. The molecule has 2 aromatic carbocycles. The van der Waals surface area contributed by atoms with E-state index in [4.69, 9.17) is 0 Å². The summed E-state index contributed by atoms with van der Waals surface area (Å²) in [6, 6.07) is 18.9. The first-order chi connectivity index (χ1) is 16.8. The highest BCUT2D eigenvalue weighted by molar-refractivity contribution is 7.89. The number of hydrogen-bond acceptors (Lipinski definition) is 6. The number of hydrogen-bond donors (Lipinski definition) is 1. The van der Waals surface area contributed by atoms with E-state index >= 15 is 0 Å². The van der Waals surface area contributed by atoms with Crippen LogP contribution in [0.25, 0.3) is 22.4 Å². The van der Waals surface area contributed by atoms with Crippen molar-refractivity contribution in [3.05, 3.63) is 84.0 Å². The van der Waals surface area contributed by atoms with Crippen molar-refractivity contribution in [3.63, 3.8) is 0 Å². The Morgan fingerprint density at radius 1 is 1.03 bits per heavy atom. The van der Waals surface area contributed by atoms with Crippen molar-refractivity contribution < 1.29 is 18.0 Å². The van der Waals surface area contributed by atoms with Crippen molar-refractivity contribution in [1.82, 2.24) is 13.9 Å². The topological polar surface area (TPSA) is 101 Å². The molecule has 5 rings (SSSR count). The quantitative estimate of drug-likeness (QED) is 0.427. The summed E-state index contributed by atoms with van der Waals surface area (Å²) in [5.41, 5.74) is 4.11. The molecule has 1 N–H and O–H groups in total. The lowest BCUT2D eigenvalue weighted by molar-refractivity contribution is -0.123. The number of carbonyl (C=O) groups excluding carboxylic acids is 2. The van der Waals surface area contributed by atoms with Gasteiger partial charge in [0.05, 0.1) is 17.5 Å². The van der Waals surface area contributed by atoms with Crippen LogP contribution in [0.5, 0.6) is 0 Å². The van der Waals surface area contributed by atoms with Gasteiger partial charge >= 0.3 is 0 Å². The number of thiazole rings is 1. The number of nitrogens with one attached hydrogen (secondary N) is 1. The van der Waals surface area contributed by atoms with Gasteiger partial charge in [-0.2, -0.15) is 0 Å². The zero-order valence-electron chi connectivity index (χ0n) is 18.8. The van der Waals surface area contributed by atoms with Gasteiger partial charge in [-0.25, -0.2) is 13.4 Å². The molecule has 3 heterocycles. The number of anilines is 1. The predicted molar refractivity (Wildman–Crippen MR) is 136 cm³/mol. The van der Waals surface area contributed by atoms with Crippen molar-refractivity contribution in [2.24, 2.45) is 0 Å². The Labute approximate surface area is 206 Å². The van der Waals surface area contributed by atoms with E-state index in [1.54, 1.807) is 0 Å². The lowest BCUT2D eigenvalue weighted by Crippen LogP contribution is -2.56. The summed E-state index contributed by atoms with van der Waals surface area (Å²) in [7, 11) is -3.48. The largest absolute Gasteiger partial charge is 0.326 e. The fourth-order valence-corrected chi connectivity index (χ4v) is 5.23. The Morgan fingerprint density at radius 2 is 1.77 bits per heavy atom. The third-order valence-corrected chi connectivity index (χ3v) is 7.63. The maximum absolute atomic E-state index is 12.9. The molecule has 35 heavy (non-hydrogen) atoms. The summed E-state index contributed by atoms with van der Waals surface area (Å²) >= 11 is 1.32. The van der Waals surface area contributed by atoms with Crippen molar-refractivity contribution in [2.45, 2.75) is 12.5 Å². The van der Waals surface area contributed by atoms with Gasteiger partial charge in [0.1, 0.15) is 6.04 Å². The average Bonchev–Trinajstić information content (AvgIpc) is 3.49. The zero-order chi connectivity index (χ0) is 24.6. The lowest BCUT2D eigenvalue weighted by atomic mass is 10.0. The number of likely N-dealkylation sites (tertiary alicyclic amines) is 1. The van der Waals surface area contributed by atoms with Gasteiger partial charge in [0.25, 0.3) is 5.91 Å². The first-order valence-corrected chi connectivity index (χ1v) is 13.6. The van der Waals surface area contributed by atoms with Crippen molar-refractivity contribution in [3.8, 4) is 22.4 Å². The summed E-state index contributed by atoms with van der Waals surface area (Å²) in [4.78, 5) is 31.7. The summed E-state index contributed by atoms with van der Waals surface area (Å²) in [6.07, 6.45) is 4.17. The minimum atomic E-state index is -3.48. The second-order valence-corrected chi connectivity index (χ2v) is 11.0. The Balaban J connectivity index is 1.26. The zero-order valence-corrected chi connectivity index (χ0v) is 20.4. The standard InChI is InChI=1S/C25H22N4O4S2/c1-35(32,33)28-12-10-20(15-28)24(31)29-13-11-22(29)23(30)27-25-26-21(16-34-25)19-9-5-8-18(14-19)17-6-3-2-4-7-17/h2-10,12,14-16,22H,11,13H2,1H3,(H,26,27,30)/t22-/m0/s1. The maximum Gasteiger partial charge on any atom is 0.256 e. The smallest absolute Gasteiger partial charge is 0.256 e. The van der Waals surface area contributed by atoms with Crippen molar-refractivity contribution in [2.75, 3.05) is 18.1 Å². The molecule has 0 saturated carbocycles. The molecule has 2 aromatic heterocycles. The predicted octanol–water partition coefficient (Wildman–Crippen LogP) is 3.94. The molecule has 178 valence electrons. The van der Waals surface area contributed by atoms with Crippen LogP contribution in [0.3, 0.4) is 0 Å². The van der Waals surface area contributed by atoms with Crippen LogP contribution in [-0.2, 0) is 14.8 Å². The van der Waals surface area contributed by atoms with E-state index in [9.17, 15) is 18.0 Å². The maximum atomic E-state index is 12.9. The molecule has 2 amide bonds. The Hall–Kier alpha value is -3.76. The number of carbonyl (C=O) groups is 2. The number of benzene rings is 2. The molecule has 8 nitrogen and oxygen atoms in total. The third kappa shape index (κ3) is 4.75. The van der Waals surface area contributed by atoms with Crippen LogP contribution < -0.4 is 5.32 Å². The number of nitrogens with zero attached hydrogens (tertiary/aromatic N) is 3. The van der Waals surface area contributed by atoms with Gasteiger partial charge in [-0.3, -0.25) is 13.6 Å². The van der Waals surface area contributed by atoms with Crippen molar-refractivity contribution >= 4 is 38.3 Å². The highest BCUT2D eigenvalue weighted by Crippen LogP contribution is 2.30. The highest BCUT2D eigenvalue weighted by Gasteiger charge is 2.38. The fourth-order valence-electron chi connectivity index (χ4n) is 3.92. The van der Waals surface area contributed by atoms with Crippen LogP contribution in [0, 0.1) is 0 Å². The Kier molecular flexibility index (Phi) is 6.00. The first-order valence-electron chi connectivity index (χ1n) is 10.9. The number of aromatic nitrogens is 2. The van der Waals surface area contributed by atoms with Gasteiger partial charge in [0, 0.05) is 29.9 Å². The van der Waals surface area contributed by atoms with Crippen LogP contribution >= 0.6 is 11.3 Å². The van der Waals surface area contributed by atoms with Crippen LogP contribution in [0.2, 0.25) is 0 Å². The minimum absolute atomic E-state index is 0.225. The molecule has 0 spiro atoms. The van der Waals surface area contributed by atoms with Crippen LogP contribution in [0.4, 0.5) is 5.13 Å². The van der Waals surface area contributed by atoms with Gasteiger partial charge in [-0.05, 0) is 29.7 Å². The van der Waals surface area contributed by atoms with Gasteiger partial charge in [0.15, 0.2) is 5.13 Å². The number of amides is 2. The summed E-state index contributed by atoms with van der Waals surface area (Å²) in [5.74, 6) is -0.692. The van der Waals surface area contributed by atoms with E-state index in [0.717, 1.165) is 32.6 Å². The normalized spacial score (nSPS) is 15.5. The SMILES string of the molecule is CS(=O)(=O)n1ccc(C(=O)N2CC[C@H]2C(=O)Nc2nc(-c3cccc(-c4ccccc4)c3)cs2)c1. The second-order valence-electron chi connectivity index (χ2n) is 8.27. The lowest BCUT2D eigenvalue weighted by Gasteiger charge is -2.39. The van der Waals surface area contributed by atoms with Gasteiger partial charge in [-0.1, -0.05) is 48.5 Å². The van der Waals surface area contributed by atoms with E-state index < -0.39 is 16.1 Å². The third-order valence-electron chi connectivity index (χ3n) is 5.88. The Morgan fingerprint density at radius 3 is 2.46 bits per heavy atom. The van der Waals surface area contributed by atoms with Crippen LogP contribution in [-0.4, -0.2) is 52.9 Å². The molecule has 4 aromatic rings. The van der Waals surface area contributed by atoms with Gasteiger partial charge < -0.3 is 10.2 Å². The fraction of sp³-hybridized carbons (Fsp3) is 0.160. The molecule has 0 unspecified atom stereocenters. The molecule has 0 radical (unpaired) electrons. The molecule has 1 fully saturated rings. The first kappa shape index (κ1) is 23.0.